The van der Waals surface area contributed by atoms with E-state index in [0.717, 1.165) is 31.5 Å². The van der Waals surface area contributed by atoms with Gasteiger partial charge in [0.05, 0.1) is 16.7 Å². The first kappa shape index (κ1) is 14.3. The Bertz CT molecular complexity index is 855. The number of aryl methyl sites for hydroxylation is 1. The zero-order chi connectivity index (χ0) is 15.0. The molecule has 0 amide bonds. The summed E-state index contributed by atoms with van der Waals surface area (Å²) in [5.74, 6) is 1.05. The Kier molecular flexibility index (Phi) is 3.82. The molecule has 0 aliphatic rings. The van der Waals surface area contributed by atoms with Crippen molar-refractivity contribution in [1.29, 1.82) is 0 Å². The SMILES string of the molecule is Cc1nc2ccc(N=Cc3cc(Br)c(Br)cc3O)cc2[nH]1. The van der Waals surface area contributed by atoms with Gasteiger partial charge in [0.25, 0.3) is 0 Å². The Morgan fingerprint density at radius 3 is 2.76 bits per heavy atom. The number of imidazole rings is 1. The van der Waals surface area contributed by atoms with E-state index in [2.05, 4.69) is 46.8 Å². The molecule has 106 valence electrons. The molecule has 1 heterocycles. The van der Waals surface area contributed by atoms with Crippen LogP contribution in [0, 0.1) is 6.92 Å². The number of rotatable bonds is 2. The van der Waals surface area contributed by atoms with E-state index in [0.29, 0.717) is 5.56 Å². The number of halogens is 2. The average Bonchev–Trinajstić information content (AvgIpc) is 2.80. The number of hydrogen-bond donors (Lipinski definition) is 2. The molecule has 0 atom stereocenters. The van der Waals surface area contributed by atoms with Crippen LogP contribution in [0.2, 0.25) is 0 Å². The molecule has 4 nitrogen and oxygen atoms in total. The predicted octanol–water partition coefficient (Wildman–Crippen LogP) is 4.85. The van der Waals surface area contributed by atoms with Crippen LogP contribution in [0.1, 0.15) is 11.4 Å². The molecule has 0 saturated heterocycles. The van der Waals surface area contributed by atoms with E-state index in [1.807, 2.05) is 31.2 Å². The summed E-state index contributed by atoms with van der Waals surface area (Å²) < 4.78 is 1.66. The van der Waals surface area contributed by atoms with Gasteiger partial charge in [-0.3, -0.25) is 4.99 Å². The number of H-pyrrole nitrogens is 1. The molecular weight excluding hydrogens is 398 g/mol. The first-order chi connectivity index (χ1) is 10.0. The standard InChI is InChI=1S/C15H11Br2N3O/c1-8-19-13-3-2-10(5-14(13)20-8)18-7-9-4-11(16)12(17)6-15(9)21/h2-7,21H,1H3,(H,19,20). The molecule has 3 aromatic rings. The van der Waals surface area contributed by atoms with Gasteiger partial charge in [-0.15, -0.1) is 0 Å². The smallest absolute Gasteiger partial charge is 0.125 e. The number of hydrogen-bond acceptors (Lipinski definition) is 3. The second-order valence-corrected chi connectivity index (χ2v) is 6.32. The highest BCUT2D eigenvalue weighted by molar-refractivity contribution is 9.13. The van der Waals surface area contributed by atoms with Crippen LogP contribution in [0.4, 0.5) is 5.69 Å². The molecule has 6 heteroatoms. The Labute approximate surface area is 138 Å². The monoisotopic (exact) mass is 407 g/mol. The number of benzene rings is 2. The highest BCUT2D eigenvalue weighted by Crippen LogP contribution is 2.30. The molecule has 0 aliphatic heterocycles. The van der Waals surface area contributed by atoms with Crippen LogP contribution in [0.3, 0.4) is 0 Å². The molecule has 2 N–H and O–H groups in total. The van der Waals surface area contributed by atoms with Crippen LogP contribution in [0.5, 0.6) is 5.75 Å². The van der Waals surface area contributed by atoms with Crippen molar-refractivity contribution in [3.05, 3.63) is 50.7 Å². The number of phenols is 1. The van der Waals surface area contributed by atoms with Gasteiger partial charge in [-0.05, 0) is 69.1 Å². The van der Waals surface area contributed by atoms with E-state index < -0.39 is 0 Å². The lowest BCUT2D eigenvalue weighted by molar-refractivity contribution is 0.474. The third kappa shape index (κ3) is 3.01. The molecule has 0 spiro atoms. The third-order valence-corrected chi connectivity index (χ3v) is 4.85. The number of aromatic hydroxyl groups is 1. The van der Waals surface area contributed by atoms with Crippen molar-refractivity contribution in [3.8, 4) is 5.75 Å². The van der Waals surface area contributed by atoms with E-state index in [1.165, 1.54) is 0 Å². The van der Waals surface area contributed by atoms with Crippen LogP contribution >= 0.6 is 31.9 Å². The topological polar surface area (TPSA) is 61.3 Å². The summed E-state index contributed by atoms with van der Waals surface area (Å²) in [6.45, 7) is 1.92. The van der Waals surface area contributed by atoms with Crippen molar-refractivity contribution in [2.75, 3.05) is 0 Å². The number of nitrogens with zero attached hydrogens (tertiary/aromatic N) is 2. The highest BCUT2D eigenvalue weighted by Gasteiger charge is 2.04. The lowest BCUT2D eigenvalue weighted by Gasteiger charge is -2.02. The molecule has 0 aliphatic carbocycles. The van der Waals surface area contributed by atoms with E-state index >= 15 is 0 Å². The van der Waals surface area contributed by atoms with Gasteiger partial charge in [0.15, 0.2) is 0 Å². The van der Waals surface area contributed by atoms with Gasteiger partial charge in [-0.1, -0.05) is 0 Å². The molecule has 21 heavy (non-hydrogen) atoms. The molecule has 0 radical (unpaired) electrons. The average molecular weight is 409 g/mol. The fourth-order valence-electron chi connectivity index (χ4n) is 2.00. The maximum absolute atomic E-state index is 9.91. The van der Waals surface area contributed by atoms with Crippen LogP contribution in [-0.4, -0.2) is 21.3 Å². The number of nitrogens with one attached hydrogen (secondary N) is 1. The molecular formula is C15H11Br2N3O. The highest BCUT2D eigenvalue weighted by atomic mass is 79.9. The van der Waals surface area contributed by atoms with E-state index in [-0.39, 0.29) is 5.75 Å². The maximum atomic E-state index is 9.91. The Morgan fingerprint density at radius 2 is 1.95 bits per heavy atom. The normalized spacial score (nSPS) is 11.6. The van der Waals surface area contributed by atoms with Crippen molar-refractivity contribution in [3.63, 3.8) is 0 Å². The van der Waals surface area contributed by atoms with Gasteiger partial charge in [0.2, 0.25) is 0 Å². The summed E-state index contributed by atoms with van der Waals surface area (Å²) in [4.78, 5) is 11.9. The lowest BCUT2D eigenvalue weighted by atomic mass is 10.2. The first-order valence-corrected chi connectivity index (χ1v) is 7.80. The second kappa shape index (κ2) is 5.61. The molecule has 1 aromatic heterocycles. The number of aromatic amines is 1. The number of aromatic nitrogens is 2. The first-order valence-electron chi connectivity index (χ1n) is 6.21. The van der Waals surface area contributed by atoms with Crippen molar-refractivity contribution in [2.45, 2.75) is 6.92 Å². The molecule has 0 unspecified atom stereocenters. The van der Waals surface area contributed by atoms with Crippen LogP contribution in [-0.2, 0) is 0 Å². The summed E-state index contributed by atoms with van der Waals surface area (Å²) in [6.07, 6.45) is 1.64. The van der Waals surface area contributed by atoms with E-state index in [1.54, 1.807) is 12.3 Å². The van der Waals surface area contributed by atoms with Crippen molar-refractivity contribution >= 4 is 54.8 Å². The van der Waals surface area contributed by atoms with Gasteiger partial charge >= 0.3 is 0 Å². The minimum Gasteiger partial charge on any atom is -0.507 e. The van der Waals surface area contributed by atoms with Crippen molar-refractivity contribution in [2.24, 2.45) is 4.99 Å². The van der Waals surface area contributed by atoms with Crippen LogP contribution in [0.15, 0.2) is 44.3 Å². The number of phenolic OH excluding ortho intramolecular Hbond substituents is 1. The summed E-state index contributed by atoms with van der Waals surface area (Å²) in [5, 5.41) is 9.91. The summed E-state index contributed by atoms with van der Waals surface area (Å²) in [6, 6.07) is 9.18. The Hall–Kier alpha value is -1.66. The molecule has 3 rings (SSSR count). The zero-order valence-electron chi connectivity index (χ0n) is 11.1. The van der Waals surface area contributed by atoms with Gasteiger partial charge in [-0.2, -0.15) is 0 Å². The predicted molar refractivity (Wildman–Crippen MR) is 91.6 cm³/mol. The quantitative estimate of drug-likeness (QED) is 0.595. The van der Waals surface area contributed by atoms with Crippen molar-refractivity contribution < 1.29 is 5.11 Å². The van der Waals surface area contributed by atoms with Gasteiger partial charge in [0, 0.05) is 20.7 Å². The summed E-state index contributed by atoms with van der Waals surface area (Å²) in [7, 11) is 0. The third-order valence-electron chi connectivity index (χ3n) is 3.01. The maximum Gasteiger partial charge on any atom is 0.125 e. The van der Waals surface area contributed by atoms with Crippen LogP contribution in [0.25, 0.3) is 11.0 Å². The minimum absolute atomic E-state index is 0.173. The summed E-state index contributed by atoms with van der Waals surface area (Å²) in [5.41, 5.74) is 3.31. The van der Waals surface area contributed by atoms with Gasteiger partial charge in [-0.25, -0.2) is 4.98 Å². The zero-order valence-corrected chi connectivity index (χ0v) is 14.2. The van der Waals surface area contributed by atoms with E-state index in [9.17, 15) is 5.11 Å². The fraction of sp³-hybridized carbons (Fsp3) is 0.0667. The van der Waals surface area contributed by atoms with Crippen LogP contribution < -0.4 is 0 Å². The molecule has 0 fully saturated rings. The largest absolute Gasteiger partial charge is 0.507 e. The molecule has 0 bridgehead atoms. The number of fused-ring (bicyclic) bond motifs is 1. The lowest BCUT2D eigenvalue weighted by Crippen LogP contribution is -1.84. The molecule has 0 saturated carbocycles. The summed E-state index contributed by atoms with van der Waals surface area (Å²) >= 11 is 6.75. The Balaban J connectivity index is 1.95. The fourth-order valence-corrected chi connectivity index (χ4v) is 2.70. The molecule has 2 aromatic carbocycles. The van der Waals surface area contributed by atoms with Crippen molar-refractivity contribution in [1.82, 2.24) is 9.97 Å². The van der Waals surface area contributed by atoms with E-state index in [4.69, 9.17) is 0 Å². The van der Waals surface area contributed by atoms with Gasteiger partial charge < -0.3 is 10.1 Å². The van der Waals surface area contributed by atoms with Gasteiger partial charge in [0.1, 0.15) is 11.6 Å². The number of aliphatic imine (C=N–C) groups is 1. The minimum atomic E-state index is 0.173. The second-order valence-electron chi connectivity index (χ2n) is 4.61. The Morgan fingerprint density at radius 1 is 1.19 bits per heavy atom.